The van der Waals surface area contributed by atoms with E-state index < -0.39 is 5.60 Å². The highest BCUT2D eigenvalue weighted by atomic mass is 16.6. The van der Waals surface area contributed by atoms with Gasteiger partial charge in [0.1, 0.15) is 11.4 Å². The van der Waals surface area contributed by atoms with Crippen molar-refractivity contribution in [3.05, 3.63) is 30.2 Å². The van der Waals surface area contributed by atoms with E-state index >= 15 is 0 Å². The predicted molar refractivity (Wildman–Crippen MR) is 108 cm³/mol. The monoisotopic (exact) mass is 383 g/mol. The van der Waals surface area contributed by atoms with E-state index in [1.54, 1.807) is 4.68 Å². The molecule has 7 heteroatoms. The lowest BCUT2D eigenvalue weighted by Gasteiger charge is -2.24. The number of nitrogens with one attached hydrogen (secondary N) is 1. The molecule has 1 spiro atoms. The Kier molecular flexibility index (Phi) is 4.36. The fraction of sp³-hybridized carbons (Fsp3) is 0.571. The average molecular weight is 383 g/mol. The van der Waals surface area contributed by atoms with Crippen molar-refractivity contribution in [1.29, 1.82) is 0 Å². The second-order valence-electron chi connectivity index (χ2n) is 9.15. The van der Waals surface area contributed by atoms with E-state index in [1.807, 2.05) is 58.1 Å². The summed E-state index contributed by atoms with van der Waals surface area (Å²) in [6.07, 6.45) is 5.89. The Morgan fingerprint density at radius 3 is 2.64 bits per heavy atom. The molecule has 4 rings (SSSR count). The maximum atomic E-state index is 12.5. The molecule has 0 bridgehead atoms. The summed E-state index contributed by atoms with van der Waals surface area (Å²) in [4.78, 5) is 19.1. The zero-order valence-electron chi connectivity index (χ0n) is 17.3. The summed E-state index contributed by atoms with van der Waals surface area (Å²) >= 11 is 0. The summed E-state index contributed by atoms with van der Waals surface area (Å²) in [5.41, 5.74) is 2.80. The molecule has 1 amide bonds. The van der Waals surface area contributed by atoms with Crippen LogP contribution in [0.25, 0.3) is 11.1 Å². The highest BCUT2D eigenvalue weighted by molar-refractivity contribution is 5.69. The van der Waals surface area contributed by atoms with Crippen molar-refractivity contribution in [2.24, 2.45) is 12.5 Å². The van der Waals surface area contributed by atoms with E-state index in [4.69, 9.17) is 9.72 Å². The Hall–Kier alpha value is -2.57. The Labute approximate surface area is 166 Å². The van der Waals surface area contributed by atoms with Crippen molar-refractivity contribution in [2.45, 2.75) is 52.2 Å². The van der Waals surface area contributed by atoms with Gasteiger partial charge in [0.05, 0.1) is 12.2 Å². The first-order chi connectivity index (χ1) is 13.2. The molecule has 1 aliphatic heterocycles. The number of likely N-dealkylation sites (tertiary alicyclic amines) is 1. The number of anilines is 1. The number of aryl methyl sites for hydroxylation is 2. The molecule has 0 aromatic carbocycles. The fourth-order valence-electron chi connectivity index (χ4n) is 3.99. The molecule has 1 atom stereocenters. The number of amides is 1. The standard InChI is InChI=1S/C21H29N5O2/c1-14-16(15-10-22-25(5)11-15)6-7-18(23-14)24-17-12-26(13-21(17)8-9-21)19(27)28-20(2,3)4/h6-7,10-11,17H,8-9,12-13H2,1-5H3,(H,23,24). The van der Waals surface area contributed by atoms with E-state index in [0.29, 0.717) is 6.54 Å². The van der Waals surface area contributed by atoms with E-state index in [1.165, 1.54) is 0 Å². The van der Waals surface area contributed by atoms with Gasteiger partial charge in [0.25, 0.3) is 0 Å². The summed E-state index contributed by atoms with van der Waals surface area (Å²) < 4.78 is 7.36. The summed E-state index contributed by atoms with van der Waals surface area (Å²) in [5, 5.41) is 7.83. The van der Waals surface area contributed by atoms with Crippen LogP contribution in [0, 0.1) is 12.3 Å². The quantitative estimate of drug-likeness (QED) is 0.877. The third-order valence-electron chi connectivity index (χ3n) is 5.62. The molecule has 7 nitrogen and oxygen atoms in total. The SMILES string of the molecule is Cc1nc(NC2CN(C(=O)OC(C)(C)C)CC23CC3)ccc1-c1cnn(C)c1. The van der Waals surface area contributed by atoms with Gasteiger partial charge in [0.2, 0.25) is 0 Å². The van der Waals surface area contributed by atoms with Gasteiger partial charge in [-0.3, -0.25) is 4.68 Å². The number of carbonyl (C=O) groups excluding carboxylic acids is 1. The minimum atomic E-state index is -0.472. The highest BCUT2D eigenvalue weighted by Crippen LogP contribution is 2.53. The van der Waals surface area contributed by atoms with Crippen molar-refractivity contribution < 1.29 is 9.53 Å². The zero-order chi connectivity index (χ0) is 20.1. The van der Waals surface area contributed by atoms with Crippen LogP contribution in [0.1, 0.15) is 39.3 Å². The minimum Gasteiger partial charge on any atom is -0.444 e. The lowest BCUT2D eigenvalue weighted by Crippen LogP contribution is -2.36. The summed E-state index contributed by atoms with van der Waals surface area (Å²) in [6, 6.07) is 4.31. The molecule has 2 aliphatic rings. The van der Waals surface area contributed by atoms with Gasteiger partial charge in [-0.25, -0.2) is 9.78 Å². The number of ether oxygens (including phenoxy) is 1. The Bertz CT molecular complexity index is 894. The normalized spacial score (nSPS) is 20.5. The van der Waals surface area contributed by atoms with Gasteiger partial charge in [-0.1, -0.05) is 0 Å². The van der Waals surface area contributed by atoms with Crippen molar-refractivity contribution in [1.82, 2.24) is 19.7 Å². The molecule has 1 saturated carbocycles. The number of rotatable bonds is 3. The van der Waals surface area contributed by atoms with E-state index in [9.17, 15) is 4.79 Å². The predicted octanol–water partition coefficient (Wildman–Crippen LogP) is 3.60. The maximum Gasteiger partial charge on any atom is 0.410 e. The Morgan fingerprint density at radius 2 is 2.07 bits per heavy atom. The van der Waals surface area contributed by atoms with Crippen LogP contribution < -0.4 is 5.32 Å². The van der Waals surface area contributed by atoms with Crippen LogP contribution in [0.15, 0.2) is 24.5 Å². The average Bonchev–Trinajstić information content (AvgIpc) is 3.10. The molecule has 2 aromatic rings. The molecule has 1 aliphatic carbocycles. The molecule has 2 fully saturated rings. The molecule has 1 unspecified atom stereocenters. The Balaban J connectivity index is 1.47. The first-order valence-corrected chi connectivity index (χ1v) is 9.86. The van der Waals surface area contributed by atoms with E-state index in [-0.39, 0.29) is 17.6 Å². The maximum absolute atomic E-state index is 12.5. The van der Waals surface area contributed by atoms with Gasteiger partial charge in [-0.2, -0.15) is 5.10 Å². The zero-order valence-corrected chi connectivity index (χ0v) is 17.3. The third-order valence-corrected chi connectivity index (χ3v) is 5.62. The van der Waals surface area contributed by atoms with Crippen molar-refractivity contribution in [3.63, 3.8) is 0 Å². The number of pyridine rings is 1. The van der Waals surface area contributed by atoms with Crippen molar-refractivity contribution in [3.8, 4) is 11.1 Å². The molecule has 2 aromatic heterocycles. The lowest BCUT2D eigenvalue weighted by atomic mass is 10.0. The first kappa shape index (κ1) is 18.8. The largest absolute Gasteiger partial charge is 0.444 e. The lowest BCUT2D eigenvalue weighted by molar-refractivity contribution is 0.0285. The fourth-order valence-corrected chi connectivity index (χ4v) is 3.99. The second-order valence-corrected chi connectivity index (χ2v) is 9.15. The van der Waals surface area contributed by atoms with Crippen LogP contribution in [0.2, 0.25) is 0 Å². The van der Waals surface area contributed by atoms with Gasteiger partial charge >= 0.3 is 6.09 Å². The molecule has 1 N–H and O–H groups in total. The van der Waals surface area contributed by atoms with Crippen molar-refractivity contribution >= 4 is 11.9 Å². The van der Waals surface area contributed by atoms with Gasteiger partial charge in [0, 0.05) is 48.6 Å². The summed E-state index contributed by atoms with van der Waals surface area (Å²) in [7, 11) is 1.91. The topological polar surface area (TPSA) is 72.3 Å². The van der Waals surface area contributed by atoms with Crippen LogP contribution in [-0.4, -0.2) is 50.5 Å². The van der Waals surface area contributed by atoms with Crippen LogP contribution >= 0.6 is 0 Å². The summed E-state index contributed by atoms with van der Waals surface area (Å²) in [5.74, 6) is 0.854. The smallest absolute Gasteiger partial charge is 0.410 e. The van der Waals surface area contributed by atoms with E-state index in [2.05, 4.69) is 16.5 Å². The van der Waals surface area contributed by atoms with Crippen LogP contribution in [0.5, 0.6) is 0 Å². The van der Waals surface area contributed by atoms with Gasteiger partial charge in [-0.05, 0) is 52.7 Å². The number of aromatic nitrogens is 3. The van der Waals surface area contributed by atoms with E-state index in [0.717, 1.165) is 42.0 Å². The number of nitrogens with zero attached hydrogens (tertiary/aromatic N) is 4. The van der Waals surface area contributed by atoms with Crippen LogP contribution in [0.4, 0.5) is 10.6 Å². The third kappa shape index (κ3) is 3.70. The highest BCUT2D eigenvalue weighted by Gasteiger charge is 2.56. The molecule has 3 heterocycles. The Morgan fingerprint density at radius 1 is 1.32 bits per heavy atom. The molecular weight excluding hydrogens is 354 g/mol. The van der Waals surface area contributed by atoms with Crippen LogP contribution in [0.3, 0.4) is 0 Å². The molecular formula is C21H29N5O2. The molecule has 1 saturated heterocycles. The molecule has 150 valence electrons. The van der Waals surface area contributed by atoms with Gasteiger partial charge < -0.3 is 15.0 Å². The van der Waals surface area contributed by atoms with Crippen molar-refractivity contribution in [2.75, 3.05) is 18.4 Å². The number of carbonyl (C=O) groups is 1. The molecule has 0 radical (unpaired) electrons. The minimum absolute atomic E-state index is 0.161. The number of hydrogen-bond acceptors (Lipinski definition) is 5. The molecule has 28 heavy (non-hydrogen) atoms. The van der Waals surface area contributed by atoms with Crippen LogP contribution in [-0.2, 0) is 11.8 Å². The van der Waals surface area contributed by atoms with Gasteiger partial charge in [0.15, 0.2) is 0 Å². The van der Waals surface area contributed by atoms with Gasteiger partial charge in [-0.15, -0.1) is 0 Å². The first-order valence-electron chi connectivity index (χ1n) is 9.86. The summed E-state index contributed by atoms with van der Waals surface area (Å²) in [6.45, 7) is 9.13. The number of hydrogen-bond donors (Lipinski definition) is 1. The second kappa shape index (κ2) is 6.50.